The Labute approximate surface area is 206 Å². The van der Waals surface area contributed by atoms with Crippen LogP contribution in [0.1, 0.15) is 39.7 Å². The Morgan fingerprint density at radius 1 is 1.23 bits per heavy atom. The molecule has 3 heterocycles. The molecule has 1 fully saturated rings. The predicted octanol–water partition coefficient (Wildman–Crippen LogP) is 3.13. The Kier molecular flexibility index (Phi) is 7.44. The number of methoxy groups -OCH3 is 1. The first kappa shape index (κ1) is 25.9. The van der Waals surface area contributed by atoms with Gasteiger partial charge in [-0.1, -0.05) is 42.7 Å². The number of halogens is 3. The number of rotatable bonds is 6. The van der Waals surface area contributed by atoms with Gasteiger partial charge >= 0.3 is 0 Å². The predicted molar refractivity (Wildman–Crippen MR) is 123 cm³/mol. The van der Waals surface area contributed by atoms with Crippen molar-refractivity contribution >= 4 is 17.3 Å². The van der Waals surface area contributed by atoms with E-state index in [0.717, 1.165) is 5.71 Å². The first-order chi connectivity index (χ1) is 16.5. The molecule has 1 aromatic carbocycles. The number of aliphatic hydroxyl groups excluding tert-OH is 2. The minimum absolute atomic E-state index is 0.0473. The molecule has 0 spiro atoms. The highest BCUT2D eigenvalue weighted by molar-refractivity contribution is 6.30. The summed E-state index contributed by atoms with van der Waals surface area (Å²) >= 11 is 5.65. The van der Waals surface area contributed by atoms with Crippen LogP contribution in [0.5, 0.6) is 0 Å². The number of nitrogens with zero attached hydrogens (tertiary/aromatic N) is 4. The number of benzene rings is 1. The van der Waals surface area contributed by atoms with Gasteiger partial charge < -0.3 is 24.5 Å². The van der Waals surface area contributed by atoms with Crippen LogP contribution in [0.2, 0.25) is 5.02 Å². The quantitative estimate of drug-likeness (QED) is 0.570. The fraction of sp³-hybridized carbons (Fsp3) is 0.609. The normalized spacial score (nSPS) is 29.2. The molecule has 1 unspecified atom stereocenters. The minimum atomic E-state index is -1.21. The molecular formula is C23H29ClF2N4O5. The number of ether oxygens (including phenoxy) is 2. The highest BCUT2D eigenvalue weighted by atomic mass is 35.5. The van der Waals surface area contributed by atoms with Gasteiger partial charge in [-0.3, -0.25) is 0 Å². The van der Waals surface area contributed by atoms with Crippen molar-refractivity contribution in [2.75, 3.05) is 13.7 Å². The first-order valence-electron chi connectivity index (χ1n) is 11.3. The van der Waals surface area contributed by atoms with E-state index in [1.165, 1.54) is 30.1 Å². The lowest BCUT2D eigenvalue weighted by Crippen LogP contribution is -2.57. The molecule has 0 aliphatic carbocycles. The monoisotopic (exact) mass is 514 g/mol. The van der Waals surface area contributed by atoms with Crippen LogP contribution in [0.25, 0.3) is 11.3 Å². The molecular weight excluding hydrogens is 486 g/mol. The summed E-state index contributed by atoms with van der Waals surface area (Å²) < 4.78 is 41.4. The summed E-state index contributed by atoms with van der Waals surface area (Å²) in [5.74, 6) is -2.34. The van der Waals surface area contributed by atoms with Gasteiger partial charge in [0, 0.05) is 30.9 Å². The summed E-state index contributed by atoms with van der Waals surface area (Å²) in [4.78, 5) is 5.62. The van der Waals surface area contributed by atoms with Gasteiger partial charge in [-0.2, -0.15) is 0 Å². The third-order valence-corrected chi connectivity index (χ3v) is 6.75. The van der Waals surface area contributed by atoms with E-state index < -0.39 is 48.7 Å². The molecule has 35 heavy (non-hydrogen) atoms. The van der Waals surface area contributed by atoms with Crippen LogP contribution in [-0.4, -0.2) is 75.2 Å². The topological polar surface area (TPSA) is 111 Å². The number of aromatic nitrogens is 3. The molecule has 6 atom stereocenters. The van der Waals surface area contributed by atoms with Crippen molar-refractivity contribution in [3.05, 3.63) is 35.0 Å². The molecule has 9 nitrogen and oxygen atoms in total. The fourth-order valence-electron chi connectivity index (χ4n) is 4.48. The molecule has 4 rings (SSSR count). The van der Waals surface area contributed by atoms with Crippen molar-refractivity contribution in [3.63, 3.8) is 0 Å². The Hall–Kier alpha value is -2.18. The van der Waals surface area contributed by atoms with E-state index in [2.05, 4.69) is 36.2 Å². The lowest BCUT2D eigenvalue weighted by atomic mass is 9.85. The van der Waals surface area contributed by atoms with Crippen LogP contribution in [0.15, 0.2) is 23.5 Å². The second-order valence-corrected chi connectivity index (χ2v) is 10.2. The van der Waals surface area contributed by atoms with Gasteiger partial charge in [-0.25, -0.2) is 13.5 Å². The molecule has 192 valence electrons. The van der Waals surface area contributed by atoms with Crippen LogP contribution in [0, 0.1) is 17.0 Å². The maximum absolute atomic E-state index is 14.5. The van der Waals surface area contributed by atoms with Gasteiger partial charge in [-0.15, -0.1) is 5.10 Å². The van der Waals surface area contributed by atoms with E-state index in [1.807, 2.05) is 0 Å². The lowest BCUT2D eigenvalue weighted by molar-refractivity contribution is -0.219. The summed E-state index contributed by atoms with van der Waals surface area (Å²) in [5, 5.41) is 32.7. The standard InChI is InChI=1S/C23H29ClF2N4O5/c1-23(2,3)17-8-11(35-28-17)7-15-22(33-4)20(21(32)16(10-31)34-15)30-9-14(27-29-30)12-5-6-13(24)19(26)18(12)25/h5-6,9,11,15-16,20-22,31-32H,7-8,10H2,1-4H3/t11?,15-,16-,20+,21+,22+/m1/s1. The lowest BCUT2D eigenvalue weighted by Gasteiger charge is -2.44. The van der Waals surface area contributed by atoms with Crippen LogP contribution in [0.3, 0.4) is 0 Å². The van der Waals surface area contributed by atoms with Crippen molar-refractivity contribution in [2.24, 2.45) is 10.6 Å². The van der Waals surface area contributed by atoms with Crippen molar-refractivity contribution in [1.29, 1.82) is 0 Å². The second kappa shape index (κ2) is 10.1. The van der Waals surface area contributed by atoms with Gasteiger partial charge in [0.1, 0.15) is 36.2 Å². The Balaban J connectivity index is 1.60. The summed E-state index contributed by atoms with van der Waals surface area (Å²) in [5.41, 5.74) is 0.713. The van der Waals surface area contributed by atoms with Crippen LogP contribution >= 0.6 is 11.6 Å². The smallest absolute Gasteiger partial charge is 0.178 e. The summed E-state index contributed by atoms with van der Waals surface area (Å²) in [6.07, 6.45) is -1.31. The van der Waals surface area contributed by atoms with Crippen molar-refractivity contribution in [1.82, 2.24) is 15.0 Å². The molecule has 2 N–H and O–H groups in total. The molecule has 0 bridgehead atoms. The van der Waals surface area contributed by atoms with Crippen molar-refractivity contribution in [3.8, 4) is 11.3 Å². The van der Waals surface area contributed by atoms with Gasteiger partial charge in [0.15, 0.2) is 11.6 Å². The average molecular weight is 515 g/mol. The average Bonchev–Trinajstić information content (AvgIpc) is 3.48. The summed E-state index contributed by atoms with van der Waals surface area (Å²) in [6, 6.07) is 1.69. The molecule has 1 saturated heterocycles. The minimum Gasteiger partial charge on any atom is -0.394 e. The molecule has 12 heteroatoms. The highest BCUT2D eigenvalue weighted by Crippen LogP contribution is 2.37. The van der Waals surface area contributed by atoms with Crippen LogP contribution in [-0.2, 0) is 14.3 Å². The fourth-order valence-corrected chi connectivity index (χ4v) is 4.63. The number of hydrogen-bond donors (Lipinski definition) is 2. The van der Waals surface area contributed by atoms with Crippen LogP contribution < -0.4 is 0 Å². The number of aliphatic hydroxyl groups is 2. The Bertz CT molecular complexity index is 1090. The summed E-state index contributed by atoms with van der Waals surface area (Å²) in [7, 11) is 1.47. The van der Waals surface area contributed by atoms with Gasteiger partial charge in [0.25, 0.3) is 0 Å². The largest absolute Gasteiger partial charge is 0.394 e. The SMILES string of the molecule is CO[C@@H]1[C@@H](n2cc(-c3ccc(Cl)c(F)c3F)nn2)[C@@H](O)[C@@H](CO)O[C@@H]1CC1CC(C(C)(C)C)=NO1. The zero-order valence-corrected chi connectivity index (χ0v) is 20.6. The third-order valence-electron chi connectivity index (χ3n) is 6.46. The maximum Gasteiger partial charge on any atom is 0.178 e. The first-order valence-corrected chi connectivity index (χ1v) is 11.7. The zero-order chi connectivity index (χ0) is 25.5. The van der Waals surface area contributed by atoms with E-state index in [0.29, 0.717) is 12.8 Å². The molecule has 0 saturated carbocycles. The molecule has 2 aromatic rings. The number of hydrogen-bond acceptors (Lipinski definition) is 8. The summed E-state index contributed by atoms with van der Waals surface area (Å²) in [6.45, 7) is 5.72. The van der Waals surface area contributed by atoms with Crippen LogP contribution in [0.4, 0.5) is 8.78 Å². The molecule has 0 radical (unpaired) electrons. The number of oxime groups is 1. The van der Waals surface area contributed by atoms with Gasteiger partial charge in [0.2, 0.25) is 0 Å². The van der Waals surface area contributed by atoms with Gasteiger partial charge in [-0.05, 0) is 12.1 Å². The second-order valence-electron chi connectivity index (χ2n) is 9.84. The van der Waals surface area contributed by atoms with Crippen molar-refractivity contribution < 1.29 is 33.3 Å². The van der Waals surface area contributed by atoms with E-state index in [4.69, 9.17) is 25.9 Å². The Morgan fingerprint density at radius 2 is 1.97 bits per heavy atom. The molecule has 2 aliphatic rings. The van der Waals surface area contributed by atoms with E-state index >= 15 is 0 Å². The highest BCUT2D eigenvalue weighted by Gasteiger charge is 2.48. The van der Waals surface area contributed by atoms with E-state index in [9.17, 15) is 19.0 Å². The van der Waals surface area contributed by atoms with Crippen molar-refractivity contribution in [2.45, 2.75) is 70.2 Å². The van der Waals surface area contributed by atoms with E-state index in [-0.39, 0.29) is 27.8 Å². The maximum atomic E-state index is 14.5. The van der Waals surface area contributed by atoms with Gasteiger partial charge in [0.05, 0.1) is 29.6 Å². The molecule has 1 aromatic heterocycles. The Morgan fingerprint density at radius 3 is 2.60 bits per heavy atom. The van der Waals surface area contributed by atoms with E-state index in [1.54, 1.807) is 0 Å². The third kappa shape index (κ3) is 5.05. The molecule has 2 aliphatic heterocycles. The molecule has 0 amide bonds. The zero-order valence-electron chi connectivity index (χ0n) is 19.9.